The van der Waals surface area contributed by atoms with Crippen LogP contribution >= 0.6 is 0 Å². The Morgan fingerprint density at radius 2 is 1.85 bits per heavy atom. The van der Waals surface area contributed by atoms with Crippen molar-refractivity contribution in [2.75, 3.05) is 37.8 Å². The average molecular weight is 275 g/mol. The van der Waals surface area contributed by atoms with Crippen LogP contribution in [0.25, 0.3) is 0 Å². The molecular weight excluding hydrogens is 250 g/mol. The van der Waals surface area contributed by atoms with E-state index >= 15 is 0 Å². The standard InChI is InChI=1S/C16H25N3O/c1-11-7-12(2)10-19(9-11)16(20)14-8-13(17)5-6-15(14)18(3)4/h5-6,8,11-12H,7,9-10,17H2,1-4H3/t11-,12-/m0/s1. The quantitative estimate of drug-likeness (QED) is 0.843. The summed E-state index contributed by atoms with van der Waals surface area (Å²) in [5, 5.41) is 0. The zero-order valence-electron chi connectivity index (χ0n) is 12.9. The van der Waals surface area contributed by atoms with Crippen molar-refractivity contribution in [1.29, 1.82) is 0 Å². The van der Waals surface area contributed by atoms with Crippen molar-refractivity contribution < 1.29 is 4.79 Å². The summed E-state index contributed by atoms with van der Waals surface area (Å²) >= 11 is 0. The number of hydrogen-bond donors (Lipinski definition) is 1. The van der Waals surface area contributed by atoms with Crippen LogP contribution in [0.15, 0.2) is 18.2 Å². The summed E-state index contributed by atoms with van der Waals surface area (Å²) < 4.78 is 0. The van der Waals surface area contributed by atoms with Gasteiger partial charge in [-0.3, -0.25) is 4.79 Å². The zero-order chi connectivity index (χ0) is 14.9. The number of carbonyl (C=O) groups excluding carboxylic acids is 1. The van der Waals surface area contributed by atoms with E-state index in [0.29, 0.717) is 23.1 Å². The molecular formula is C16H25N3O. The minimum atomic E-state index is 0.0967. The summed E-state index contributed by atoms with van der Waals surface area (Å²) in [6.07, 6.45) is 1.20. The van der Waals surface area contributed by atoms with Crippen molar-refractivity contribution in [1.82, 2.24) is 4.90 Å². The molecule has 1 heterocycles. The first kappa shape index (κ1) is 14.7. The van der Waals surface area contributed by atoms with Gasteiger partial charge < -0.3 is 15.5 Å². The van der Waals surface area contributed by atoms with Gasteiger partial charge in [-0.1, -0.05) is 13.8 Å². The normalized spacial score (nSPS) is 22.7. The highest BCUT2D eigenvalue weighted by molar-refractivity contribution is 6.00. The van der Waals surface area contributed by atoms with Gasteiger partial charge in [0.2, 0.25) is 0 Å². The fraction of sp³-hybridized carbons (Fsp3) is 0.562. The van der Waals surface area contributed by atoms with Crippen LogP contribution in [0, 0.1) is 11.8 Å². The Labute approximate surface area is 121 Å². The smallest absolute Gasteiger partial charge is 0.256 e. The average Bonchev–Trinajstić information content (AvgIpc) is 2.36. The predicted molar refractivity (Wildman–Crippen MR) is 84.0 cm³/mol. The highest BCUT2D eigenvalue weighted by atomic mass is 16.2. The van der Waals surface area contributed by atoms with Gasteiger partial charge in [0, 0.05) is 38.6 Å². The van der Waals surface area contributed by atoms with Gasteiger partial charge in [0.05, 0.1) is 5.56 Å². The molecule has 1 amide bonds. The van der Waals surface area contributed by atoms with E-state index in [9.17, 15) is 4.79 Å². The first-order valence-electron chi connectivity index (χ1n) is 7.24. The van der Waals surface area contributed by atoms with Crippen LogP contribution in [-0.4, -0.2) is 38.0 Å². The van der Waals surface area contributed by atoms with Gasteiger partial charge in [0.1, 0.15) is 0 Å². The van der Waals surface area contributed by atoms with E-state index in [1.807, 2.05) is 36.0 Å². The van der Waals surface area contributed by atoms with Gasteiger partial charge >= 0.3 is 0 Å². The zero-order valence-corrected chi connectivity index (χ0v) is 12.9. The molecule has 1 aliphatic heterocycles. The van der Waals surface area contributed by atoms with Crippen LogP contribution in [0.4, 0.5) is 11.4 Å². The summed E-state index contributed by atoms with van der Waals surface area (Å²) in [7, 11) is 3.90. The summed E-state index contributed by atoms with van der Waals surface area (Å²) in [6.45, 7) is 6.10. The van der Waals surface area contributed by atoms with Gasteiger partial charge in [0.25, 0.3) is 5.91 Å². The number of rotatable bonds is 2. The van der Waals surface area contributed by atoms with Gasteiger partial charge in [-0.25, -0.2) is 0 Å². The number of amides is 1. The van der Waals surface area contributed by atoms with E-state index in [4.69, 9.17) is 5.73 Å². The Kier molecular flexibility index (Phi) is 4.21. The molecule has 0 aliphatic carbocycles. The van der Waals surface area contributed by atoms with Gasteiger partial charge in [0.15, 0.2) is 0 Å². The van der Waals surface area contributed by atoms with Gasteiger partial charge in [-0.05, 0) is 36.5 Å². The third-order valence-corrected chi connectivity index (χ3v) is 3.89. The van der Waals surface area contributed by atoms with E-state index in [1.54, 1.807) is 6.07 Å². The molecule has 0 aromatic heterocycles. The number of piperidine rings is 1. The van der Waals surface area contributed by atoms with Crippen molar-refractivity contribution in [3.63, 3.8) is 0 Å². The Bertz CT molecular complexity index is 488. The number of likely N-dealkylation sites (tertiary alicyclic amines) is 1. The second kappa shape index (κ2) is 5.73. The maximum atomic E-state index is 12.8. The first-order valence-corrected chi connectivity index (χ1v) is 7.24. The summed E-state index contributed by atoms with van der Waals surface area (Å²) in [5.41, 5.74) is 8.13. The number of nitrogen functional groups attached to an aromatic ring is 1. The van der Waals surface area contributed by atoms with Gasteiger partial charge in [-0.2, -0.15) is 0 Å². The summed E-state index contributed by atoms with van der Waals surface area (Å²) in [6, 6.07) is 5.55. The van der Waals surface area contributed by atoms with Crippen LogP contribution in [-0.2, 0) is 0 Å². The number of nitrogens with zero attached hydrogens (tertiary/aromatic N) is 2. The molecule has 20 heavy (non-hydrogen) atoms. The number of nitrogens with two attached hydrogens (primary N) is 1. The lowest BCUT2D eigenvalue weighted by Crippen LogP contribution is -2.43. The highest BCUT2D eigenvalue weighted by Crippen LogP contribution is 2.27. The number of benzene rings is 1. The van der Waals surface area contributed by atoms with E-state index in [0.717, 1.165) is 18.8 Å². The lowest BCUT2D eigenvalue weighted by atomic mass is 9.91. The highest BCUT2D eigenvalue weighted by Gasteiger charge is 2.27. The predicted octanol–water partition coefficient (Wildman–Crippen LogP) is 2.45. The molecule has 4 nitrogen and oxygen atoms in total. The third-order valence-electron chi connectivity index (χ3n) is 3.89. The summed E-state index contributed by atoms with van der Waals surface area (Å²) in [4.78, 5) is 16.7. The van der Waals surface area contributed by atoms with Crippen LogP contribution in [0.1, 0.15) is 30.6 Å². The van der Waals surface area contributed by atoms with E-state index in [2.05, 4.69) is 13.8 Å². The molecule has 1 aromatic carbocycles. The summed E-state index contributed by atoms with van der Waals surface area (Å²) in [5.74, 6) is 1.22. The SMILES string of the molecule is C[C@H]1C[C@H](C)CN(C(=O)c2cc(N)ccc2N(C)C)C1. The largest absolute Gasteiger partial charge is 0.399 e. The van der Waals surface area contributed by atoms with E-state index in [-0.39, 0.29) is 5.91 Å². The molecule has 0 bridgehead atoms. The molecule has 4 heteroatoms. The van der Waals surface area contributed by atoms with Crippen LogP contribution in [0.2, 0.25) is 0 Å². The van der Waals surface area contributed by atoms with Crippen molar-refractivity contribution in [2.45, 2.75) is 20.3 Å². The molecule has 0 unspecified atom stereocenters. The van der Waals surface area contributed by atoms with Crippen molar-refractivity contribution in [3.8, 4) is 0 Å². The topological polar surface area (TPSA) is 49.6 Å². The second-order valence-corrected chi connectivity index (χ2v) is 6.33. The second-order valence-electron chi connectivity index (χ2n) is 6.33. The molecule has 1 aliphatic rings. The number of carbonyl (C=O) groups is 1. The third kappa shape index (κ3) is 3.06. The fourth-order valence-electron chi connectivity index (χ4n) is 3.11. The fourth-order valence-corrected chi connectivity index (χ4v) is 3.11. The molecule has 0 radical (unpaired) electrons. The van der Waals surface area contributed by atoms with E-state index < -0.39 is 0 Å². The number of hydrogen-bond acceptors (Lipinski definition) is 3. The molecule has 2 atom stereocenters. The molecule has 2 N–H and O–H groups in total. The first-order chi connectivity index (χ1) is 9.38. The lowest BCUT2D eigenvalue weighted by Gasteiger charge is -2.35. The van der Waals surface area contributed by atoms with Crippen LogP contribution in [0.3, 0.4) is 0 Å². The Hall–Kier alpha value is -1.71. The molecule has 0 saturated carbocycles. The Balaban J connectivity index is 2.30. The number of anilines is 2. The minimum absolute atomic E-state index is 0.0967. The molecule has 0 spiro atoms. The maximum Gasteiger partial charge on any atom is 0.256 e. The van der Waals surface area contributed by atoms with Crippen LogP contribution < -0.4 is 10.6 Å². The Morgan fingerprint density at radius 3 is 2.40 bits per heavy atom. The van der Waals surface area contributed by atoms with Crippen molar-refractivity contribution in [2.24, 2.45) is 11.8 Å². The monoisotopic (exact) mass is 275 g/mol. The molecule has 1 fully saturated rings. The maximum absolute atomic E-state index is 12.8. The minimum Gasteiger partial charge on any atom is -0.399 e. The molecule has 110 valence electrons. The Morgan fingerprint density at radius 1 is 1.25 bits per heavy atom. The van der Waals surface area contributed by atoms with Crippen molar-refractivity contribution in [3.05, 3.63) is 23.8 Å². The van der Waals surface area contributed by atoms with E-state index in [1.165, 1.54) is 6.42 Å². The molecule has 2 rings (SSSR count). The van der Waals surface area contributed by atoms with Crippen molar-refractivity contribution >= 4 is 17.3 Å². The van der Waals surface area contributed by atoms with Crippen LogP contribution in [0.5, 0.6) is 0 Å². The lowest BCUT2D eigenvalue weighted by molar-refractivity contribution is 0.0624. The molecule has 1 saturated heterocycles. The molecule has 1 aromatic rings. The van der Waals surface area contributed by atoms with Gasteiger partial charge in [-0.15, -0.1) is 0 Å².